The SMILES string of the molecule is O=C(O)c1ccccc1-c1ccccc1.O=C(O)c1ccccc1-c1ccccc1.[Cu]. The molecule has 5 heteroatoms. The summed E-state index contributed by atoms with van der Waals surface area (Å²) in [5, 5.41) is 18.1. The molecule has 0 heterocycles. The van der Waals surface area contributed by atoms with E-state index in [2.05, 4.69) is 0 Å². The predicted octanol–water partition coefficient (Wildman–Crippen LogP) is 6.10. The third-order valence-corrected chi connectivity index (χ3v) is 4.48. The Bertz CT molecular complexity index is 1050. The number of carboxylic acid groups (broad SMARTS) is 2. The number of carboxylic acids is 2. The van der Waals surface area contributed by atoms with Crippen LogP contribution in [-0.4, -0.2) is 22.2 Å². The molecule has 0 unspecified atom stereocenters. The molecule has 0 aliphatic rings. The fourth-order valence-corrected chi connectivity index (χ4v) is 3.08. The summed E-state index contributed by atoms with van der Waals surface area (Å²) in [7, 11) is 0. The third kappa shape index (κ3) is 6.16. The first-order chi connectivity index (χ1) is 14.6. The fraction of sp³-hybridized carbons (Fsp3) is 0. The minimum absolute atomic E-state index is 0. The summed E-state index contributed by atoms with van der Waals surface area (Å²) in [6.07, 6.45) is 0. The van der Waals surface area contributed by atoms with Gasteiger partial charge in [0.2, 0.25) is 0 Å². The molecule has 0 spiro atoms. The summed E-state index contributed by atoms with van der Waals surface area (Å²) in [6.45, 7) is 0. The second kappa shape index (κ2) is 11.5. The van der Waals surface area contributed by atoms with Crippen LogP contribution in [0.4, 0.5) is 0 Å². The zero-order valence-electron chi connectivity index (χ0n) is 16.4. The van der Waals surface area contributed by atoms with Gasteiger partial charge in [-0.1, -0.05) is 97.1 Å². The molecule has 4 nitrogen and oxygen atoms in total. The number of rotatable bonds is 4. The molecule has 4 aromatic carbocycles. The molecule has 1 radical (unpaired) electrons. The van der Waals surface area contributed by atoms with Gasteiger partial charge in [0.25, 0.3) is 0 Å². The average Bonchev–Trinajstić information content (AvgIpc) is 2.80. The maximum atomic E-state index is 11.0. The molecule has 0 atom stereocenters. The number of carbonyl (C=O) groups is 2. The van der Waals surface area contributed by atoms with Gasteiger partial charge in [-0.05, 0) is 34.4 Å². The van der Waals surface area contributed by atoms with E-state index in [9.17, 15) is 9.59 Å². The van der Waals surface area contributed by atoms with E-state index in [1.54, 1.807) is 24.3 Å². The molecule has 0 fully saturated rings. The van der Waals surface area contributed by atoms with E-state index in [0.29, 0.717) is 11.1 Å². The van der Waals surface area contributed by atoms with Crippen molar-refractivity contribution in [3.05, 3.63) is 120 Å². The molecule has 0 bridgehead atoms. The first kappa shape index (κ1) is 23.6. The Morgan fingerprint density at radius 2 is 0.742 bits per heavy atom. The Balaban J connectivity index is 0.000000213. The van der Waals surface area contributed by atoms with Crippen molar-refractivity contribution in [2.45, 2.75) is 0 Å². The van der Waals surface area contributed by atoms with E-state index < -0.39 is 11.9 Å². The van der Waals surface area contributed by atoms with Gasteiger partial charge in [0.1, 0.15) is 0 Å². The fourth-order valence-electron chi connectivity index (χ4n) is 3.08. The second-order valence-electron chi connectivity index (χ2n) is 6.43. The molecular weight excluding hydrogens is 440 g/mol. The van der Waals surface area contributed by atoms with Crippen LogP contribution in [-0.2, 0) is 17.1 Å². The molecule has 0 aliphatic carbocycles. The summed E-state index contributed by atoms with van der Waals surface area (Å²) < 4.78 is 0. The van der Waals surface area contributed by atoms with Gasteiger partial charge in [0.15, 0.2) is 0 Å². The van der Waals surface area contributed by atoms with Gasteiger partial charge < -0.3 is 10.2 Å². The number of aromatic carboxylic acids is 2. The van der Waals surface area contributed by atoms with Crippen LogP contribution < -0.4 is 0 Å². The number of hydrogen-bond acceptors (Lipinski definition) is 2. The van der Waals surface area contributed by atoms with Crippen LogP contribution in [0.15, 0.2) is 109 Å². The van der Waals surface area contributed by atoms with E-state index in [1.807, 2.05) is 84.9 Å². The maximum Gasteiger partial charge on any atom is 0.336 e. The van der Waals surface area contributed by atoms with Crippen molar-refractivity contribution in [3.63, 3.8) is 0 Å². The predicted molar refractivity (Wildman–Crippen MR) is 118 cm³/mol. The summed E-state index contributed by atoms with van der Waals surface area (Å²) >= 11 is 0. The molecule has 0 saturated carbocycles. The minimum Gasteiger partial charge on any atom is -0.478 e. The van der Waals surface area contributed by atoms with Crippen LogP contribution in [0.3, 0.4) is 0 Å². The van der Waals surface area contributed by atoms with Gasteiger partial charge >= 0.3 is 11.9 Å². The van der Waals surface area contributed by atoms with Gasteiger partial charge in [-0.15, -0.1) is 0 Å². The molecule has 159 valence electrons. The van der Waals surface area contributed by atoms with E-state index in [1.165, 1.54) is 0 Å². The van der Waals surface area contributed by atoms with Crippen molar-refractivity contribution in [1.29, 1.82) is 0 Å². The topological polar surface area (TPSA) is 74.6 Å². The quantitative estimate of drug-likeness (QED) is 0.361. The monoisotopic (exact) mass is 459 g/mol. The second-order valence-corrected chi connectivity index (χ2v) is 6.43. The molecule has 0 aliphatic heterocycles. The summed E-state index contributed by atoms with van der Waals surface area (Å²) in [5.41, 5.74) is 4.04. The molecule has 31 heavy (non-hydrogen) atoms. The van der Waals surface area contributed by atoms with Crippen molar-refractivity contribution in [2.24, 2.45) is 0 Å². The summed E-state index contributed by atoms with van der Waals surface area (Å²) in [5.74, 6) is -1.79. The van der Waals surface area contributed by atoms with Crippen LogP contribution in [0, 0.1) is 0 Å². The summed E-state index contributed by atoms with van der Waals surface area (Å²) in [6, 6.07) is 33.0. The van der Waals surface area contributed by atoms with E-state index in [0.717, 1.165) is 22.3 Å². The largest absolute Gasteiger partial charge is 0.478 e. The van der Waals surface area contributed by atoms with Crippen LogP contribution in [0.5, 0.6) is 0 Å². The molecule has 4 aromatic rings. The van der Waals surface area contributed by atoms with Crippen molar-refractivity contribution >= 4 is 11.9 Å². The van der Waals surface area contributed by atoms with Crippen LogP contribution >= 0.6 is 0 Å². The first-order valence-corrected chi connectivity index (χ1v) is 9.33. The van der Waals surface area contributed by atoms with Crippen molar-refractivity contribution in [3.8, 4) is 22.3 Å². The molecule has 0 aromatic heterocycles. The Morgan fingerprint density at radius 3 is 1.06 bits per heavy atom. The Labute approximate surface area is 191 Å². The standard InChI is InChI=1S/2C13H10O2.Cu/c2*14-13(15)12-9-5-4-8-11(12)10-6-2-1-3-7-10;/h2*1-9H,(H,14,15);. The van der Waals surface area contributed by atoms with Crippen molar-refractivity contribution < 1.29 is 36.9 Å². The minimum atomic E-state index is -0.894. The van der Waals surface area contributed by atoms with Gasteiger partial charge in [0.05, 0.1) is 11.1 Å². The van der Waals surface area contributed by atoms with Crippen molar-refractivity contribution in [2.75, 3.05) is 0 Å². The smallest absolute Gasteiger partial charge is 0.336 e. The van der Waals surface area contributed by atoms with E-state index in [4.69, 9.17) is 10.2 Å². The normalized spacial score (nSPS) is 9.55. The third-order valence-electron chi connectivity index (χ3n) is 4.48. The summed E-state index contributed by atoms with van der Waals surface area (Å²) in [4.78, 5) is 22.0. The average molecular weight is 460 g/mol. The zero-order chi connectivity index (χ0) is 21.3. The molecule has 0 amide bonds. The number of hydrogen-bond donors (Lipinski definition) is 2. The molecule has 0 saturated heterocycles. The first-order valence-electron chi connectivity index (χ1n) is 9.33. The zero-order valence-corrected chi connectivity index (χ0v) is 17.3. The van der Waals surface area contributed by atoms with Gasteiger partial charge in [0, 0.05) is 17.1 Å². The maximum absolute atomic E-state index is 11.0. The van der Waals surface area contributed by atoms with Gasteiger partial charge in [-0.25, -0.2) is 9.59 Å². The van der Waals surface area contributed by atoms with E-state index in [-0.39, 0.29) is 17.1 Å². The van der Waals surface area contributed by atoms with Gasteiger partial charge in [-0.2, -0.15) is 0 Å². The number of benzene rings is 4. The Hall–Kier alpha value is -3.66. The van der Waals surface area contributed by atoms with Crippen LogP contribution in [0.25, 0.3) is 22.3 Å². The van der Waals surface area contributed by atoms with E-state index >= 15 is 0 Å². The van der Waals surface area contributed by atoms with Gasteiger partial charge in [-0.3, -0.25) is 0 Å². The molecular formula is C26H20CuO4. The Kier molecular flexibility index (Phi) is 8.77. The Morgan fingerprint density at radius 1 is 0.452 bits per heavy atom. The van der Waals surface area contributed by atoms with Crippen LogP contribution in [0.1, 0.15) is 20.7 Å². The van der Waals surface area contributed by atoms with Crippen molar-refractivity contribution in [1.82, 2.24) is 0 Å². The molecule has 4 rings (SSSR count). The molecule has 2 N–H and O–H groups in total. The van der Waals surface area contributed by atoms with Crippen LogP contribution in [0.2, 0.25) is 0 Å².